The number of benzene rings is 1. The highest BCUT2D eigenvalue weighted by Crippen LogP contribution is 2.26. The van der Waals surface area contributed by atoms with Gasteiger partial charge in [-0.3, -0.25) is 10.1 Å². The summed E-state index contributed by atoms with van der Waals surface area (Å²) >= 11 is 5.63. The van der Waals surface area contributed by atoms with Gasteiger partial charge in [0.15, 0.2) is 0 Å². The van der Waals surface area contributed by atoms with Crippen LogP contribution in [0.4, 0.5) is 5.69 Å². The van der Waals surface area contributed by atoms with Gasteiger partial charge in [0.05, 0.1) is 15.9 Å². The van der Waals surface area contributed by atoms with E-state index in [9.17, 15) is 23.6 Å². The van der Waals surface area contributed by atoms with Crippen LogP contribution in [-0.2, 0) is 10.0 Å². The second kappa shape index (κ2) is 7.17. The van der Waals surface area contributed by atoms with Crippen molar-refractivity contribution in [1.82, 2.24) is 4.72 Å². The minimum Gasteiger partial charge on any atom is -0.392 e. The fourth-order valence-corrected chi connectivity index (χ4v) is 3.00. The summed E-state index contributed by atoms with van der Waals surface area (Å²) in [5, 5.41) is 20.3. The van der Waals surface area contributed by atoms with E-state index < -0.39 is 26.7 Å². The van der Waals surface area contributed by atoms with Gasteiger partial charge in [0.1, 0.15) is 5.02 Å². The van der Waals surface area contributed by atoms with Crippen LogP contribution in [0, 0.1) is 16.0 Å². The number of hydrogen-bond acceptors (Lipinski definition) is 5. The summed E-state index contributed by atoms with van der Waals surface area (Å²) < 4.78 is 26.3. The van der Waals surface area contributed by atoms with Crippen molar-refractivity contribution in [2.75, 3.05) is 6.54 Å². The zero-order chi connectivity index (χ0) is 16.2. The summed E-state index contributed by atoms with van der Waals surface area (Å²) in [6, 6.07) is 3.21. The second-order valence-electron chi connectivity index (χ2n) is 5.01. The van der Waals surface area contributed by atoms with Gasteiger partial charge in [0.2, 0.25) is 10.0 Å². The molecule has 1 aromatic rings. The van der Waals surface area contributed by atoms with Gasteiger partial charge in [-0.1, -0.05) is 25.4 Å². The number of aliphatic hydroxyl groups is 1. The lowest BCUT2D eigenvalue weighted by atomic mass is 10.1. The van der Waals surface area contributed by atoms with E-state index in [-0.39, 0.29) is 22.4 Å². The molecule has 0 aliphatic heterocycles. The molecule has 0 saturated heterocycles. The first-order chi connectivity index (χ1) is 9.63. The number of nitro benzene ring substituents is 1. The fourth-order valence-electron chi connectivity index (χ4n) is 1.72. The highest BCUT2D eigenvalue weighted by atomic mass is 35.5. The smallest absolute Gasteiger partial charge is 0.289 e. The van der Waals surface area contributed by atoms with E-state index in [2.05, 4.69) is 4.72 Å². The normalized spacial score (nSPS) is 13.4. The molecule has 9 heteroatoms. The van der Waals surface area contributed by atoms with E-state index >= 15 is 0 Å². The number of rotatable bonds is 7. The first-order valence-electron chi connectivity index (χ1n) is 6.25. The van der Waals surface area contributed by atoms with Crippen LogP contribution in [0.3, 0.4) is 0 Å². The van der Waals surface area contributed by atoms with Crippen LogP contribution in [0.15, 0.2) is 23.1 Å². The number of nitrogens with zero attached hydrogens (tertiary/aromatic N) is 1. The van der Waals surface area contributed by atoms with Crippen molar-refractivity contribution in [3.8, 4) is 0 Å². The van der Waals surface area contributed by atoms with Crippen molar-refractivity contribution in [1.29, 1.82) is 0 Å². The van der Waals surface area contributed by atoms with E-state index in [1.165, 1.54) is 6.07 Å². The summed E-state index contributed by atoms with van der Waals surface area (Å²) in [6.45, 7) is 3.65. The fraction of sp³-hybridized carbons (Fsp3) is 0.500. The van der Waals surface area contributed by atoms with Gasteiger partial charge >= 0.3 is 0 Å². The molecule has 7 nitrogen and oxygen atoms in total. The van der Waals surface area contributed by atoms with E-state index in [0.29, 0.717) is 6.42 Å². The Balaban J connectivity index is 2.88. The molecule has 1 aromatic carbocycles. The molecular formula is C12H17ClN2O5S. The van der Waals surface area contributed by atoms with E-state index in [4.69, 9.17) is 11.6 Å². The van der Waals surface area contributed by atoms with Crippen LogP contribution >= 0.6 is 11.6 Å². The third kappa shape index (κ3) is 5.24. The predicted molar refractivity (Wildman–Crippen MR) is 78.8 cm³/mol. The summed E-state index contributed by atoms with van der Waals surface area (Å²) in [5.41, 5.74) is -0.484. The number of aliphatic hydroxyl groups excluding tert-OH is 1. The Morgan fingerprint density at radius 3 is 2.57 bits per heavy atom. The first-order valence-corrected chi connectivity index (χ1v) is 8.11. The molecule has 1 atom stereocenters. The Morgan fingerprint density at radius 1 is 1.43 bits per heavy atom. The first kappa shape index (κ1) is 17.8. The Bertz CT molecular complexity index is 618. The molecule has 0 aromatic heterocycles. The lowest BCUT2D eigenvalue weighted by molar-refractivity contribution is -0.384. The third-order valence-corrected chi connectivity index (χ3v) is 4.42. The summed E-state index contributed by atoms with van der Waals surface area (Å²) in [7, 11) is -3.94. The number of nitrogens with one attached hydrogen (secondary N) is 1. The number of nitro groups is 1. The number of hydrogen-bond donors (Lipinski definition) is 2. The SMILES string of the molecule is CC(C)CC(O)CNS(=O)(=O)c1ccc(Cl)c([N+](=O)[O-])c1. The number of halogens is 1. The molecular weight excluding hydrogens is 320 g/mol. The second-order valence-corrected chi connectivity index (χ2v) is 7.18. The van der Waals surface area contributed by atoms with Crippen molar-refractivity contribution in [2.45, 2.75) is 31.3 Å². The zero-order valence-electron chi connectivity index (χ0n) is 11.6. The summed E-state index contributed by atoms with van der Waals surface area (Å²) in [4.78, 5) is 9.73. The van der Waals surface area contributed by atoms with Crippen LogP contribution in [-0.4, -0.2) is 31.1 Å². The minimum atomic E-state index is -3.94. The van der Waals surface area contributed by atoms with E-state index in [0.717, 1.165) is 12.1 Å². The van der Waals surface area contributed by atoms with Crippen molar-refractivity contribution in [3.63, 3.8) is 0 Å². The van der Waals surface area contributed by atoms with Crippen LogP contribution in [0.5, 0.6) is 0 Å². The lowest BCUT2D eigenvalue weighted by Crippen LogP contribution is -2.32. The maximum absolute atomic E-state index is 12.0. The van der Waals surface area contributed by atoms with E-state index in [1.807, 2.05) is 13.8 Å². The minimum absolute atomic E-state index is 0.140. The predicted octanol–water partition coefficient (Wildman–Crippen LogP) is 1.93. The largest absolute Gasteiger partial charge is 0.392 e. The van der Waals surface area contributed by atoms with Crippen molar-refractivity contribution in [2.24, 2.45) is 5.92 Å². The molecule has 0 aliphatic carbocycles. The van der Waals surface area contributed by atoms with Crippen LogP contribution < -0.4 is 4.72 Å². The summed E-state index contributed by atoms with van der Waals surface area (Å²) in [5.74, 6) is 0.223. The zero-order valence-corrected chi connectivity index (χ0v) is 13.2. The van der Waals surface area contributed by atoms with Gasteiger partial charge < -0.3 is 5.11 Å². The lowest BCUT2D eigenvalue weighted by Gasteiger charge is -2.14. The molecule has 2 N–H and O–H groups in total. The highest BCUT2D eigenvalue weighted by molar-refractivity contribution is 7.89. The molecule has 118 valence electrons. The molecule has 0 fully saturated rings. The quantitative estimate of drug-likeness (QED) is 0.584. The Labute approximate surface area is 128 Å². The maximum Gasteiger partial charge on any atom is 0.289 e. The standard InChI is InChI=1S/C12H17ClN2O5S/c1-8(2)5-9(16)7-14-21(19,20)10-3-4-11(13)12(6-10)15(17)18/h3-4,6,8-9,14,16H,5,7H2,1-2H3. The van der Waals surface area contributed by atoms with Gasteiger partial charge in [-0.05, 0) is 24.5 Å². The third-order valence-electron chi connectivity index (χ3n) is 2.68. The van der Waals surface area contributed by atoms with Crippen molar-refractivity contribution >= 4 is 27.3 Å². The summed E-state index contributed by atoms with van der Waals surface area (Å²) in [6.07, 6.45) is -0.370. The monoisotopic (exact) mass is 336 g/mol. The molecule has 0 aliphatic rings. The van der Waals surface area contributed by atoms with Crippen LogP contribution in [0.25, 0.3) is 0 Å². The van der Waals surface area contributed by atoms with Gasteiger partial charge in [-0.2, -0.15) is 0 Å². The Kier molecular flexibility index (Phi) is 6.09. The van der Waals surface area contributed by atoms with Crippen LogP contribution in [0.1, 0.15) is 20.3 Å². The van der Waals surface area contributed by atoms with Gasteiger partial charge in [-0.25, -0.2) is 13.1 Å². The molecule has 1 unspecified atom stereocenters. The molecule has 0 saturated carbocycles. The molecule has 0 radical (unpaired) electrons. The average molecular weight is 337 g/mol. The molecule has 0 bridgehead atoms. The van der Waals surface area contributed by atoms with Crippen LogP contribution in [0.2, 0.25) is 5.02 Å². The van der Waals surface area contributed by atoms with Gasteiger partial charge in [0, 0.05) is 12.6 Å². The van der Waals surface area contributed by atoms with Gasteiger partial charge in [-0.15, -0.1) is 0 Å². The molecule has 21 heavy (non-hydrogen) atoms. The topological polar surface area (TPSA) is 110 Å². The van der Waals surface area contributed by atoms with Crippen molar-refractivity contribution < 1.29 is 18.4 Å². The Morgan fingerprint density at radius 2 is 2.05 bits per heavy atom. The van der Waals surface area contributed by atoms with Gasteiger partial charge in [0.25, 0.3) is 5.69 Å². The maximum atomic E-state index is 12.0. The molecule has 0 amide bonds. The molecule has 0 heterocycles. The average Bonchev–Trinajstić information content (AvgIpc) is 2.35. The van der Waals surface area contributed by atoms with E-state index in [1.54, 1.807) is 0 Å². The number of sulfonamides is 1. The van der Waals surface area contributed by atoms with Crippen molar-refractivity contribution in [3.05, 3.63) is 33.3 Å². The molecule has 1 rings (SSSR count). The highest BCUT2D eigenvalue weighted by Gasteiger charge is 2.21. The Hall–Kier alpha value is -1.22. The molecule has 0 spiro atoms.